The third-order valence-electron chi connectivity index (χ3n) is 4.40. The van der Waals surface area contributed by atoms with Crippen molar-refractivity contribution in [1.82, 2.24) is 0 Å². The molecule has 2 aromatic rings. The van der Waals surface area contributed by atoms with Crippen molar-refractivity contribution in [1.29, 1.82) is 0 Å². The average Bonchev–Trinajstić information content (AvgIpc) is 3.01. The molecule has 1 aromatic heterocycles. The number of ether oxygens (including phenoxy) is 2. The fraction of sp³-hybridized carbons (Fsp3) is 0.400. The zero-order valence-electron chi connectivity index (χ0n) is 15.3. The molecule has 1 aliphatic carbocycles. The molecule has 0 spiro atoms. The molecule has 1 aromatic carbocycles. The summed E-state index contributed by atoms with van der Waals surface area (Å²) in [5, 5.41) is 3.45. The number of benzene rings is 1. The molecular weight excluding hydrogens is 430 g/mol. The molecule has 1 heterocycles. The van der Waals surface area contributed by atoms with Crippen molar-refractivity contribution in [3.05, 3.63) is 44.7 Å². The topological polar surface area (TPSA) is 64.6 Å². The van der Waals surface area contributed by atoms with E-state index in [-0.39, 0.29) is 11.9 Å². The number of nitrogens with one attached hydrogen (secondary N) is 1. The molecule has 3 rings (SSSR count). The highest BCUT2D eigenvalue weighted by Crippen LogP contribution is 2.38. The summed E-state index contributed by atoms with van der Waals surface area (Å²) < 4.78 is 11.8. The van der Waals surface area contributed by atoms with Gasteiger partial charge in [-0.05, 0) is 73.2 Å². The van der Waals surface area contributed by atoms with Gasteiger partial charge in [-0.3, -0.25) is 4.79 Å². The summed E-state index contributed by atoms with van der Waals surface area (Å²) in [4.78, 5) is 26.3. The van der Waals surface area contributed by atoms with Crippen molar-refractivity contribution in [2.24, 2.45) is 0 Å². The Labute approximate surface area is 171 Å². The molecule has 1 atom stereocenters. The van der Waals surface area contributed by atoms with Gasteiger partial charge in [-0.2, -0.15) is 0 Å². The Morgan fingerprint density at radius 1 is 1.26 bits per heavy atom. The van der Waals surface area contributed by atoms with E-state index >= 15 is 0 Å². The standard InChI is InChI=1S/C20H22BrNO4S/c1-3-25-20(24)17-13-8-4-7-11-16(13)27-19(17)22-18(23)12(2)26-15-10-6-5-9-14(15)21/h5-6,9-10,12H,3-4,7-8,11H2,1-2H3,(H,22,23). The third-order valence-corrected chi connectivity index (χ3v) is 6.26. The van der Waals surface area contributed by atoms with E-state index in [2.05, 4.69) is 21.2 Å². The van der Waals surface area contributed by atoms with Crippen molar-refractivity contribution in [2.75, 3.05) is 11.9 Å². The van der Waals surface area contributed by atoms with E-state index in [1.807, 2.05) is 18.2 Å². The molecule has 0 saturated carbocycles. The van der Waals surface area contributed by atoms with Crippen molar-refractivity contribution in [3.63, 3.8) is 0 Å². The van der Waals surface area contributed by atoms with Crippen molar-refractivity contribution in [3.8, 4) is 5.75 Å². The highest BCUT2D eigenvalue weighted by Gasteiger charge is 2.28. The SMILES string of the molecule is CCOC(=O)c1c(NC(=O)C(C)Oc2ccccc2Br)sc2c1CCCC2. The molecule has 0 aliphatic heterocycles. The van der Waals surface area contributed by atoms with Crippen LogP contribution in [0, 0.1) is 0 Å². The van der Waals surface area contributed by atoms with E-state index < -0.39 is 6.10 Å². The molecule has 1 unspecified atom stereocenters. The van der Waals surface area contributed by atoms with Crippen molar-refractivity contribution >= 4 is 44.1 Å². The molecule has 1 aliphatic rings. The number of amides is 1. The summed E-state index contributed by atoms with van der Waals surface area (Å²) in [7, 11) is 0. The Balaban J connectivity index is 1.80. The average molecular weight is 452 g/mol. The lowest BCUT2D eigenvalue weighted by atomic mass is 9.95. The number of rotatable bonds is 6. The Hall–Kier alpha value is -1.86. The minimum absolute atomic E-state index is 0.296. The second-order valence-electron chi connectivity index (χ2n) is 6.32. The lowest BCUT2D eigenvalue weighted by Crippen LogP contribution is -2.30. The highest BCUT2D eigenvalue weighted by atomic mass is 79.9. The number of anilines is 1. The van der Waals surface area contributed by atoms with Crippen LogP contribution in [0.15, 0.2) is 28.7 Å². The number of esters is 1. The summed E-state index contributed by atoms with van der Waals surface area (Å²) in [5.74, 6) is -0.0716. The Kier molecular flexibility index (Phi) is 6.55. The molecule has 5 nitrogen and oxygen atoms in total. The smallest absolute Gasteiger partial charge is 0.341 e. The van der Waals surface area contributed by atoms with Gasteiger partial charge in [-0.1, -0.05) is 12.1 Å². The maximum atomic E-state index is 12.7. The predicted molar refractivity (Wildman–Crippen MR) is 110 cm³/mol. The highest BCUT2D eigenvalue weighted by molar-refractivity contribution is 9.10. The van der Waals surface area contributed by atoms with Gasteiger partial charge in [0.2, 0.25) is 0 Å². The van der Waals surface area contributed by atoms with Crippen molar-refractivity contribution < 1.29 is 19.1 Å². The number of para-hydroxylation sites is 1. The maximum Gasteiger partial charge on any atom is 0.341 e. The zero-order valence-corrected chi connectivity index (χ0v) is 17.7. The van der Waals surface area contributed by atoms with E-state index in [0.717, 1.165) is 35.7 Å². The molecular formula is C20H22BrNO4S. The van der Waals surface area contributed by atoms with E-state index in [4.69, 9.17) is 9.47 Å². The predicted octanol–water partition coefficient (Wildman–Crippen LogP) is 4.97. The van der Waals surface area contributed by atoms with Crippen LogP contribution in [0.3, 0.4) is 0 Å². The summed E-state index contributed by atoms with van der Waals surface area (Å²) in [5.41, 5.74) is 1.54. The van der Waals surface area contributed by atoms with E-state index in [1.54, 1.807) is 19.9 Å². The first kappa shape index (κ1) is 19.9. The molecule has 7 heteroatoms. The first-order chi connectivity index (χ1) is 13.0. The minimum atomic E-state index is -0.710. The van der Waals surface area contributed by atoms with Crippen molar-refractivity contribution in [2.45, 2.75) is 45.6 Å². The van der Waals surface area contributed by atoms with Crippen LogP contribution in [-0.4, -0.2) is 24.6 Å². The lowest BCUT2D eigenvalue weighted by Gasteiger charge is -2.16. The quantitative estimate of drug-likeness (QED) is 0.629. The van der Waals surface area contributed by atoms with E-state index in [0.29, 0.717) is 22.9 Å². The van der Waals surface area contributed by atoms with Gasteiger partial charge < -0.3 is 14.8 Å². The van der Waals surface area contributed by atoms with E-state index in [1.165, 1.54) is 16.2 Å². The number of carbonyl (C=O) groups excluding carboxylic acids is 2. The zero-order chi connectivity index (χ0) is 19.4. The molecule has 0 saturated heterocycles. The number of fused-ring (bicyclic) bond motifs is 1. The second-order valence-corrected chi connectivity index (χ2v) is 8.27. The van der Waals surface area contributed by atoms with Crippen LogP contribution in [0.1, 0.15) is 47.5 Å². The van der Waals surface area contributed by atoms with Gasteiger partial charge in [-0.25, -0.2) is 4.79 Å². The number of halogens is 1. The number of hydrogen-bond acceptors (Lipinski definition) is 5. The third kappa shape index (κ3) is 4.52. The molecule has 27 heavy (non-hydrogen) atoms. The van der Waals surface area contributed by atoms with Crippen LogP contribution in [-0.2, 0) is 22.4 Å². The lowest BCUT2D eigenvalue weighted by molar-refractivity contribution is -0.122. The van der Waals surface area contributed by atoms with Gasteiger partial charge in [0, 0.05) is 4.88 Å². The monoisotopic (exact) mass is 451 g/mol. The molecule has 144 valence electrons. The Bertz CT molecular complexity index is 849. The van der Waals surface area contributed by atoms with Gasteiger partial charge in [0.15, 0.2) is 6.10 Å². The Morgan fingerprint density at radius 3 is 2.74 bits per heavy atom. The van der Waals surface area contributed by atoms with Crippen LogP contribution >= 0.6 is 27.3 Å². The van der Waals surface area contributed by atoms with Gasteiger partial charge in [0.1, 0.15) is 10.8 Å². The molecule has 0 radical (unpaired) electrons. The molecule has 0 bridgehead atoms. The summed E-state index contributed by atoms with van der Waals surface area (Å²) in [6.45, 7) is 3.77. The maximum absolute atomic E-state index is 12.7. The van der Waals surface area contributed by atoms with Gasteiger partial charge in [0.05, 0.1) is 16.6 Å². The fourth-order valence-corrected chi connectivity index (χ4v) is 4.73. The van der Waals surface area contributed by atoms with Crippen LogP contribution in [0.2, 0.25) is 0 Å². The largest absolute Gasteiger partial charge is 0.480 e. The number of thiophene rings is 1. The first-order valence-corrected chi connectivity index (χ1v) is 10.7. The summed E-state index contributed by atoms with van der Waals surface area (Å²) in [6.07, 6.45) is 3.22. The van der Waals surface area contributed by atoms with Gasteiger partial charge in [0.25, 0.3) is 5.91 Å². The normalized spacial score (nSPS) is 14.2. The molecule has 1 amide bonds. The van der Waals surface area contributed by atoms with E-state index in [9.17, 15) is 9.59 Å². The second kappa shape index (κ2) is 8.89. The van der Waals surface area contributed by atoms with Crippen LogP contribution in [0.4, 0.5) is 5.00 Å². The van der Waals surface area contributed by atoms with Crippen LogP contribution < -0.4 is 10.1 Å². The van der Waals surface area contributed by atoms with Crippen LogP contribution in [0.5, 0.6) is 5.75 Å². The fourth-order valence-electron chi connectivity index (χ4n) is 3.07. The summed E-state index contributed by atoms with van der Waals surface area (Å²) in [6, 6.07) is 7.37. The summed E-state index contributed by atoms with van der Waals surface area (Å²) >= 11 is 4.89. The van der Waals surface area contributed by atoms with Gasteiger partial charge >= 0.3 is 5.97 Å². The van der Waals surface area contributed by atoms with Gasteiger partial charge in [-0.15, -0.1) is 11.3 Å². The Morgan fingerprint density at radius 2 is 2.00 bits per heavy atom. The number of hydrogen-bond donors (Lipinski definition) is 1. The molecule has 1 N–H and O–H groups in total. The van der Waals surface area contributed by atoms with Crippen LogP contribution in [0.25, 0.3) is 0 Å². The minimum Gasteiger partial charge on any atom is -0.480 e. The number of carbonyl (C=O) groups is 2. The first-order valence-electron chi connectivity index (χ1n) is 9.05. The molecule has 0 fully saturated rings. The number of aryl methyl sites for hydroxylation is 1.